The van der Waals surface area contributed by atoms with Crippen LogP contribution in [0.5, 0.6) is 0 Å². The van der Waals surface area contributed by atoms with Gasteiger partial charge in [0.1, 0.15) is 11.6 Å². The minimum atomic E-state index is -0.210. The largest absolute Gasteiger partial charge is 0.327 e. The Balaban J connectivity index is 1.62. The van der Waals surface area contributed by atoms with Gasteiger partial charge in [-0.25, -0.2) is 8.78 Å². The van der Waals surface area contributed by atoms with E-state index in [0.717, 1.165) is 43.6 Å². The molecule has 0 spiro atoms. The van der Waals surface area contributed by atoms with Gasteiger partial charge in [0.15, 0.2) is 0 Å². The number of rotatable bonds is 4. The standard InChI is InChI=1S/C19H22F2N2/c20-17-5-1-14(2-6-17)9-16-10-19(22)13-23(12-16)11-15-3-7-18(21)8-4-15/h1-8,16,19H,9-13,22H2. The minimum Gasteiger partial charge on any atom is -0.327 e. The number of hydrogen-bond donors (Lipinski definition) is 1. The highest BCUT2D eigenvalue weighted by atomic mass is 19.1. The summed E-state index contributed by atoms with van der Waals surface area (Å²) in [5, 5.41) is 0. The van der Waals surface area contributed by atoms with E-state index in [9.17, 15) is 8.78 Å². The Kier molecular flexibility index (Phi) is 5.03. The van der Waals surface area contributed by atoms with Crippen LogP contribution in [0.4, 0.5) is 8.78 Å². The molecule has 4 heteroatoms. The maximum atomic E-state index is 13.0. The third-order valence-corrected chi connectivity index (χ3v) is 4.40. The van der Waals surface area contributed by atoms with Crippen LogP contribution >= 0.6 is 0 Å². The number of hydrogen-bond acceptors (Lipinski definition) is 2. The highest BCUT2D eigenvalue weighted by Gasteiger charge is 2.25. The predicted molar refractivity (Wildman–Crippen MR) is 87.9 cm³/mol. The van der Waals surface area contributed by atoms with Crippen molar-refractivity contribution in [3.05, 3.63) is 71.3 Å². The summed E-state index contributed by atoms with van der Waals surface area (Å²) in [5.74, 6) is 0.0509. The van der Waals surface area contributed by atoms with Crippen molar-refractivity contribution in [2.24, 2.45) is 11.7 Å². The smallest absolute Gasteiger partial charge is 0.123 e. The summed E-state index contributed by atoms with van der Waals surface area (Å²) in [6, 6.07) is 13.5. The highest BCUT2D eigenvalue weighted by molar-refractivity contribution is 5.18. The maximum Gasteiger partial charge on any atom is 0.123 e. The van der Waals surface area contributed by atoms with Gasteiger partial charge in [-0.05, 0) is 54.2 Å². The predicted octanol–water partition coefficient (Wildman–Crippen LogP) is 3.36. The normalized spacial score (nSPS) is 22.2. The average Bonchev–Trinajstić information content (AvgIpc) is 2.51. The molecule has 2 nitrogen and oxygen atoms in total. The molecule has 2 aromatic rings. The first kappa shape index (κ1) is 16.1. The van der Waals surface area contributed by atoms with Crippen molar-refractivity contribution in [1.29, 1.82) is 0 Å². The van der Waals surface area contributed by atoms with E-state index in [1.165, 1.54) is 24.3 Å². The van der Waals surface area contributed by atoms with E-state index >= 15 is 0 Å². The first-order chi connectivity index (χ1) is 11.1. The molecule has 0 amide bonds. The molecule has 1 saturated heterocycles. The molecule has 0 bridgehead atoms. The lowest BCUT2D eigenvalue weighted by atomic mass is 9.89. The Morgan fingerprint density at radius 3 is 2.04 bits per heavy atom. The summed E-state index contributed by atoms with van der Waals surface area (Å²) >= 11 is 0. The van der Waals surface area contributed by atoms with Crippen molar-refractivity contribution in [1.82, 2.24) is 4.90 Å². The second-order valence-corrected chi connectivity index (χ2v) is 6.51. The molecule has 0 aromatic heterocycles. The van der Waals surface area contributed by atoms with Crippen LogP contribution in [0.1, 0.15) is 17.5 Å². The van der Waals surface area contributed by atoms with Gasteiger partial charge in [-0.15, -0.1) is 0 Å². The van der Waals surface area contributed by atoms with Crippen LogP contribution < -0.4 is 5.73 Å². The number of piperidine rings is 1. The van der Waals surface area contributed by atoms with Gasteiger partial charge in [-0.2, -0.15) is 0 Å². The molecule has 122 valence electrons. The van der Waals surface area contributed by atoms with Gasteiger partial charge < -0.3 is 5.73 Å². The average molecular weight is 316 g/mol. The fraction of sp³-hybridized carbons (Fsp3) is 0.368. The van der Waals surface area contributed by atoms with Gasteiger partial charge in [0.2, 0.25) is 0 Å². The molecule has 1 heterocycles. The van der Waals surface area contributed by atoms with E-state index in [4.69, 9.17) is 5.73 Å². The minimum absolute atomic E-state index is 0.148. The first-order valence-electron chi connectivity index (χ1n) is 8.05. The second kappa shape index (κ2) is 7.20. The molecule has 23 heavy (non-hydrogen) atoms. The van der Waals surface area contributed by atoms with Gasteiger partial charge in [0.05, 0.1) is 0 Å². The Bertz CT molecular complexity index is 569. The van der Waals surface area contributed by atoms with E-state index in [-0.39, 0.29) is 17.7 Å². The van der Waals surface area contributed by atoms with Gasteiger partial charge >= 0.3 is 0 Å². The van der Waals surface area contributed by atoms with Crippen LogP contribution in [-0.2, 0) is 13.0 Å². The van der Waals surface area contributed by atoms with E-state index < -0.39 is 0 Å². The molecule has 2 unspecified atom stereocenters. The van der Waals surface area contributed by atoms with Gasteiger partial charge in [0, 0.05) is 25.7 Å². The SMILES string of the molecule is NC1CC(Cc2ccc(F)cc2)CN(Cc2ccc(F)cc2)C1. The van der Waals surface area contributed by atoms with Crippen molar-refractivity contribution in [3.63, 3.8) is 0 Å². The van der Waals surface area contributed by atoms with E-state index in [0.29, 0.717) is 5.92 Å². The number of halogens is 2. The van der Waals surface area contributed by atoms with Crippen LogP contribution in [-0.4, -0.2) is 24.0 Å². The second-order valence-electron chi connectivity index (χ2n) is 6.51. The summed E-state index contributed by atoms with van der Waals surface area (Å²) < 4.78 is 26.0. The van der Waals surface area contributed by atoms with Gasteiger partial charge in [-0.1, -0.05) is 24.3 Å². The molecule has 0 saturated carbocycles. The van der Waals surface area contributed by atoms with Crippen LogP contribution in [0.3, 0.4) is 0 Å². The lowest BCUT2D eigenvalue weighted by Crippen LogP contribution is -2.47. The van der Waals surface area contributed by atoms with Crippen molar-refractivity contribution in [3.8, 4) is 0 Å². The molecule has 1 aliphatic rings. The zero-order valence-corrected chi connectivity index (χ0v) is 13.1. The van der Waals surface area contributed by atoms with Gasteiger partial charge in [0.25, 0.3) is 0 Å². The number of nitrogens with zero attached hydrogens (tertiary/aromatic N) is 1. The molecule has 1 aliphatic heterocycles. The highest BCUT2D eigenvalue weighted by Crippen LogP contribution is 2.22. The molecule has 2 atom stereocenters. The van der Waals surface area contributed by atoms with Crippen molar-refractivity contribution >= 4 is 0 Å². The van der Waals surface area contributed by atoms with E-state index in [1.807, 2.05) is 24.3 Å². The first-order valence-corrected chi connectivity index (χ1v) is 8.05. The zero-order valence-electron chi connectivity index (χ0n) is 13.1. The van der Waals surface area contributed by atoms with Crippen LogP contribution in [0.2, 0.25) is 0 Å². The van der Waals surface area contributed by atoms with Crippen molar-refractivity contribution in [2.45, 2.75) is 25.4 Å². The lowest BCUT2D eigenvalue weighted by molar-refractivity contribution is 0.149. The molecule has 0 aliphatic carbocycles. The molecule has 0 radical (unpaired) electrons. The van der Waals surface area contributed by atoms with Crippen LogP contribution in [0.25, 0.3) is 0 Å². The monoisotopic (exact) mass is 316 g/mol. The lowest BCUT2D eigenvalue weighted by Gasteiger charge is -2.36. The topological polar surface area (TPSA) is 29.3 Å². The summed E-state index contributed by atoms with van der Waals surface area (Å²) in [6.07, 6.45) is 1.89. The Morgan fingerprint density at radius 1 is 0.870 bits per heavy atom. The fourth-order valence-electron chi connectivity index (χ4n) is 3.43. The molecule has 3 rings (SSSR count). The van der Waals surface area contributed by atoms with Crippen LogP contribution in [0.15, 0.2) is 48.5 Å². The summed E-state index contributed by atoms with van der Waals surface area (Å²) in [5.41, 5.74) is 8.45. The molecule has 2 N–H and O–H groups in total. The Morgan fingerprint density at radius 2 is 1.43 bits per heavy atom. The Labute approximate surface area is 135 Å². The fourth-order valence-corrected chi connectivity index (χ4v) is 3.43. The number of nitrogens with two attached hydrogens (primary N) is 1. The van der Waals surface area contributed by atoms with Crippen molar-refractivity contribution < 1.29 is 8.78 Å². The molecule has 2 aromatic carbocycles. The zero-order chi connectivity index (χ0) is 16.2. The summed E-state index contributed by atoms with van der Waals surface area (Å²) in [4.78, 5) is 2.33. The van der Waals surface area contributed by atoms with Gasteiger partial charge in [-0.3, -0.25) is 4.90 Å². The molecular weight excluding hydrogens is 294 g/mol. The van der Waals surface area contributed by atoms with E-state index in [2.05, 4.69) is 4.90 Å². The van der Waals surface area contributed by atoms with Crippen molar-refractivity contribution in [2.75, 3.05) is 13.1 Å². The third kappa shape index (κ3) is 4.60. The summed E-state index contributed by atoms with van der Waals surface area (Å²) in [7, 11) is 0. The van der Waals surface area contributed by atoms with Crippen LogP contribution in [0, 0.1) is 17.6 Å². The molecular formula is C19H22F2N2. The molecule has 1 fully saturated rings. The quantitative estimate of drug-likeness (QED) is 0.937. The maximum absolute atomic E-state index is 13.0. The Hall–Kier alpha value is -1.78. The summed E-state index contributed by atoms with van der Waals surface area (Å²) in [6.45, 7) is 2.60. The van der Waals surface area contributed by atoms with E-state index in [1.54, 1.807) is 0 Å². The number of benzene rings is 2. The number of likely N-dealkylation sites (tertiary alicyclic amines) is 1. The third-order valence-electron chi connectivity index (χ3n) is 4.40.